The number of hydrogen-bond donors (Lipinski definition) is 1. The van der Waals surface area contributed by atoms with E-state index >= 15 is 0 Å². The fourth-order valence-electron chi connectivity index (χ4n) is 2.02. The van der Waals surface area contributed by atoms with E-state index in [1.165, 1.54) is 12.0 Å². The molecule has 1 aromatic carbocycles. The number of rotatable bonds is 3. The van der Waals surface area contributed by atoms with E-state index in [2.05, 4.69) is 0 Å². The average Bonchev–Trinajstić information content (AvgIpc) is 2.70. The van der Waals surface area contributed by atoms with Gasteiger partial charge in [-0.1, -0.05) is 6.07 Å². The molecule has 1 amide bonds. The van der Waals surface area contributed by atoms with Crippen LogP contribution in [0.2, 0.25) is 0 Å². The third kappa shape index (κ3) is 2.47. The third-order valence-electron chi connectivity index (χ3n) is 3.11. The Labute approximate surface area is 111 Å². The Bertz CT molecular complexity index is 515. The summed E-state index contributed by atoms with van der Waals surface area (Å²) in [5.74, 6) is -0.491. The fraction of sp³-hybridized carbons (Fsp3) is 0.385. The van der Waals surface area contributed by atoms with Gasteiger partial charge in [-0.25, -0.2) is 4.79 Å². The molecule has 0 radical (unpaired) electrons. The maximum absolute atomic E-state index is 12.1. The van der Waals surface area contributed by atoms with Gasteiger partial charge in [0.05, 0.1) is 7.11 Å². The van der Waals surface area contributed by atoms with Crippen LogP contribution in [-0.2, 0) is 9.53 Å². The van der Waals surface area contributed by atoms with Gasteiger partial charge >= 0.3 is 5.97 Å². The summed E-state index contributed by atoms with van der Waals surface area (Å²) in [6.07, 6.45) is -0.238. The molecule has 6 heteroatoms. The maximum atomic E-state index is 12.1. The smallest absolute Gasteiger partial charge is 0.344 e. The molecule has 0 saturated carbocycles. The van der Waals surface area contributed by atoms with Gasteiger partial charge in [0.1, 0.15) is 11.3 Å². The maximum Gasteiger partial charge on any atom is 0.344 e. The van der Waals surface area contributed by atoms with Crippen LogP contribution in [0.1, 0.15) is 16.8 Å². The van der Waals surface area contributed by atoms with Crippen LogP contribution in [0, 0.1) is 0 Å². The third-order valence-corrected chi connectivity index (χ3v) is 3.11. The van der Waals surface area contributed by atoms with Crippen LogP contribution >= 0.6 is 0 Å². The number of ether oxygens (including phenoxy) is 2. The van der Waals surface area contributed by atoms with Gasteiger partial charge in [0.25, 0.3) is 5.91 Å². The molecule has 6 nitrogen and oxygen atoms in total. The summed E-state index contributed by atoms with van der Waals surface area (Å²) in [7, 11) is 3.12. The summed E-state index contributed by atoms with van der Waals surface area (Å²) < 4.78 is 10.3. The van der Waals surface area contributed by atoms with Gasteiger partial charge in [-0.3, -0.25) is 4.79 Å². The second-order valence-electron chi connectivity index (χ2n) is 4.37. The fourth-order valence-corrected chi connectivity index (χ4v) is 2.02. The van der Waals surface area contributed by atoms with Crippen molar-refractivity contribution in [3.8, 4) is 5.75 Å². The van der Waals surface area contributed by atoms with Crippen molar-refractivity contribution < 1.29 is 19.1 Å². The van der Waals surface area contributed by atoms with Crippen molar-refractivity contribution >= 4 is 17.6 Å². The van der Waals surface area contributed by atoms with Gasteiger partial charge in [-0.2, -0.15) is 0 Å². The van der Waals surface area contributed by atoms with Gasteiger partial charge in [-0.15, -0.1) is 0 Å². The summed E-state index contributed by atoms with van der Waals surface area (Å²) in [5.41, 5.74) is 6.18. The minimum atomic E-state index is -0.734. The lowest BCUT2D eigenvalue weighted by Crippen LogP contribution is -2.29. The first-order valence-electron chi connectivity index (χ1n) is 5.93. The second kappa shape index (κ2) is 5.17. The van der Waals surface area contributed by atoms with Gasteiger partial charge in [0.2, 0.25) is 0 Å². The zero-order valence-electron chi connectivity index (χ0n) is 10.9. The summed E-state index contributed by atoms with van der Waals surface area (Å²) in [6.45, 7) is 0.582. The van der Waals surface area contributed by atoms with Crippen LogP contribution in [0.4, 0.5) is 5.69 Å². The molecule has 1 heterocycles. The number of carbonyl (C=O) groups excluding carboxylic acids is 2. The normalized spacial score (nSPS) is 18.5. The number of nitrogens with zero attached hydrogens (tertiary/aromatic N) is 1. The predicted molar refractivity (Wildman–Crippen MR) is 68.9 cm³/mol. The lowest BCUT2D eigenvalue weighted by Gasteiger charge is -2.14. The van der Waals surface area contributed by atoms with E-state index in [1.807, 2.05) is 0 Å². The number of nitrogens with two attached hydrogens (primary N) is 1. The van der Waals surface area contributed by atoms with Crippen LogP contribution in [-0.4, -0.2) is 43.6 Å². The predicted octanol–water partition coefficient (Wildman–Crippen LogP) is 0.665. The van der Waals surface area contributed by atoms with Crippen LogP contribution in [0.3, 0.4) is 0 Å². The molecule has 1 saturated heterocycles. The van der Waals surface area contributed by atoms with Gasteiger partial charge in [-0.05, 0) is 12.1 Å². The monoisotopic (exact) mass is 264 g/mol. The first-order chi connectivity index (χ1) is 9.04. The van der Waals surface area contributed by atoms with E-state index in [0.29, 0.717) is 18.7 Å². The summed E-state index contributed by atoms with van der Waals surface area (Å²) >= 11 is 0. The number of anilines is 1. The molecular formula is C13H16N2O4. The van der Waals surface area contributed by atoms with Crippen LogP contribution in [0.5, 0.6) is 5.75 Å². The molecular weight excluding hydrogens is 248 g/mol. The topological polar surface area (TPSA) is 81.9 Å². The highest BCUT2D eigenvalue weighted by Crippen LogP contribution is 2.26. The van der Waals surface area contributed by atoms with Gasteiger partial charge in [0.15, 0.2) is 6.10 Å². The number of carbonyl (C=O) groups is 2. The summed E-state index contributed by atoms with van der Waals surface area (Å²) in [4.78, 5) is 25.3. The molecule has 102 valence electrons. The molecule has 1 aliphatic heterocycles. The van der Waals surface area contributed by atoms with E-state index in [4.69, 9.17) is 15.2 Å². The lowest BCUT2D eigenvalue weighted by atomic mass is 10.1. The quantitative estimate of drug-likeness (QED) is 0.640. The van der Waals surface area contributed by atoms with Crippen molar-refractivity contribution in [2.75, 3.05) is 26.4 Å². The molecule has 0 aromatic heterocycles. The number of methoxy groups -OCH3 is 1. The first kappa shape index (κ1) is 13.2. The molecule has 2 rings (SSSR count). The SMILES string of the molecule is COc1cccc(N)c1C(=O)OC1CCN(C)C1=O. The zero-order valence-corrected chi connectivity index (χ0v) is 10.9. The largest absolute Gasteiger partial charge is 0.496 e. The minimum Gasteiger partial charge on any atom is -0.496 e. The van der Waals surface area contributed by atoms with E-state index in [1.54, 1.807) is 25.2 Å². The molecule has 1 fully saturated rings. The highest BCUT2D eigenvalue weighted by atomic mass is 16.6. The van der Waals surface area contributed by atoms with Crippen molar-refractivity contribution in [2.24, 2.45) is 0 Å². The van der Waals surface area contributed by atoms with Crippen molar-refractivity contribution in [1.29, 1.82) is 0 Å². The van der Waals surface area contributed by atoms with Crippen LogP contribution in [0.25, 0.3) is 0 Å². The van der Waals surface area contributed by atoms with E-state index in [-0.39, 0.29) is 17.2 Å². The van der Waals surface area contributed by atoms with E-state index < -0.39 is 12.1 Å². The highest BCUT2D eigenvalue weighted by molar-refractivity contribution is 5.99. The standard InChI is InChI=1S/C13H16N2O4/c1-15-7-6-10(12(15)16)19-13(17)11-8(14)4-3-5-9(11)18-2/h3-5,10H,6-7,14H2,1-2H3. The van der Waals surface area contributed by atoms with E-state index in [0.717, 1.165) is 0 Å². The van der Waals surface area contributed by atoms with Crippen molar-refractivity contribution in [3.05, 3.63) is 23.8 Å². The van der Waals surface area contributed by atoms with Gasteiger partial charge in [0, 0.05) is 25.7 Å². The van der Waals surface area contributed by atoms with Gasteiger partial charge < -0.3 is 20.1 Å². The van der Waals surface area contributed by atoms with Crippen molar-refractivity contribution in [3.63, 3.8) is 0 Å². The Morgan fingerprint density at radius 2 is 2.21 bits per heavy atom. The molecule has 1 unspecified atom stereocenters. The number of likely N-dealkylation sites (N-methyl/N-ethyl adjacent to an activating group) is 1. The minimum absolute atomic E-state index is 0.160. The van der Waals surface area contributed by atoms with Crippen molar-refractivity contribution in [2.45, 2.75) is 12.5 Å². The molecule has 1 atom stereocenters. The Balaban J connectivity index is 2.19. The first-order valence-corrected chi connectivity index (χ1v) is 5.93. The Morgan fingerprint density at radius 3 is 2.79 bits per heavy atom. The number of amides is 1. The molecule has 1 aliphatic rings. The molecule has 0 aliphatic carbocycles. The summed E-state index contributed by atoms with van der Waals surface area (Å²) in [5, 5.41) is 0. The zero-order chi connectivity index (χ0) is 14.0. The number of hydrogen-bond acceptors (Lipinski definition) is 5. The van der Waals surface area contributed by atoms with Crippen molar-refractivity contribution in [1.82, 2.24) is 4.90 Å². The van der Waals surface area contributed by atoms with Crippen LogP contribution in [0.15, 0.2) is 18.2 Å². The molecule has 19 heavy (non-hydrogen) atoms. The molecule has 2 N–H and O–H groups in total. The molecule has 0 spiro atoms. The highest BCUT2D eigenvalue weighted by Gasteiger charge is 2.33. The second-order valence-corrected chi connectivity index (χ2v) is 4.37. The Hall–Kier alpha value is -2.24. The Kier molecular flexibility index (Phi) is 3.59. The number of esters is 1. The van der Waals surface area contributed by atoms with E-state index in [9.17, 15) is 9.59 Å². The average molecular weight is 264 g/mol. The lowest BCUT2D eigenvalue weighted by molar-refractivity contribution is -0.133. The Morgan fingerprint density at radius 1 is 1.47 bits per heavy atom. The number of likely N-dealkylation sites (tertiary alicyclic amines) is 1. The summed E-state index contributed by atoms with van der Waals surface area (Å²) in [6, 6.07) is 4.89. The molecule has 1 aromatic rings. The van der Waals surface area contributed by atoms with Crippen LogP contribution < -0.4 is 10.5 Å². The number of nitrogen functional groups attached to an aromatic ring is 1. The molecule has 0 bridgehead atoms. The number of benzene rings is 1.